The fourth-order valence-electron chi connectivity index (χ4n) is 2.90. The van der Waals surface area contributed by atoms with Crippen molar-refractivity contribution < 1.29 is 5.21 Å². The molecule has 0 aromatic carbocycles. The van der Waals surface area contributed by atoms with Crippen LogP contribution in [0.4, 0.5) is 0 Å². The van der Waals surface area contributed by atoms with Crippen molar-refractivity contribution in [2.24, 2.45) is 0 Å². The van der Waals surface area contributed by atoms with Gasteiger partial charge in [-0.25, -0.2) is 0 Å². The first kappa shape index (κ1) is 12.2. The lowest BCUT2D eigenvalue weighted by Crippen LogP contribution is -2.27. The molecule has 0 atom stereocenters. The van der Waals surface area contributed by atoms with Crippen LogP contribution in [0.15, 0.2) is 10.9 Å². The molecule has 1 aliphatic carbocycles. The van der Waals surface area contributed by atoms with Gasteiger partial charge in [0.25, 0.3) is 5.56 Å². The van der Waals surface area contributed by atoms with Crippen LogP contribution in [0.1, 0.15) is 61.8 Å². The summed E-state index contributed by atoms with van der Waals surface area (Å²) in [4.78, 5) is 12.0. The van der Waals surface area contributed by atoms with Crippen LogP contribution in [0.25, 0.3) is 0 Å². The zero-order chi connectivity index (χ0) is 12.4. The van der Waals surface area contributed by atoms with Crippen LogP contribution in [0.3, 0.4) is 0 Å². The molecule has 0 radical (unpaired) electrons. The van der Waals surface area contributed by atoms with Gasteiger partial charge in [0.15, 0.2) is 0 Å². The number of hydrogen-bond acceptors (Lipinski definition) is 2. The molecular weight excluding hydrogens is 214 g/mol. The van der Waals surface area contributed by atoms with Crippen molar-refractivity contribution in [3.63, 3.8) is 0 Å². The van der Waals surface area contributed by atoms with Gasteiger partial charge in [-0.15, -0.1) is 0 Å². The van der Waals surface area contributed by atoms with Gasteiger partial charge in [0.05, 0.1) is 5.69 Å². The molecule has 0 unspecified atom stereocenters. The predicted molar refractivity (Wildman–Crippen MR) is 67.8 cm³/mol. The SMILES string of the molecule is CCc1c(C)cc(C2CCCCC2)n(O)c1=O. The minimum Gasteiger partial charge on any atom is -0.425 e. The van der Waals surface area contributed by atoms with Gasteiger partial charge < -0.3 is 5.21 Å². The summed E-state index contributed by atoms with van der Waals surface area (Å²) in [5, 5.41) is 9.99. The third-order valence-electron chi connectivity index (χ3n) is 3.91. The Labute approximate surface area is 102 Å². The summed E-state index contributed by atoms with van der Waals surface area (Å²) < 4.78 is 0.891. The highest BCUT2D eigenvalue weighted by molar-refractivity contribution is 5.27. The molecule has 1 aromatic rings. The van der Waals surface area contributed by atoms with E-state index in [1.165, 1.54) is 19.3 Å². The Morgan fingerprint density at radius 2 is 2.00 bits per heavy atom. The summed E-state index contributed by atoms with van der Waals surface area (Å²) in [7, 11) is 0. The van der Waals surface area contributed by atoms with Crippen LogP contribution < -0.4 is 5.56 Å². The predicted octanol–water partition coefficient (Wildman–Crippen LogP) is 3.00. The van der Waals surface area contributed by atoms with Crippen molar-refractivity contribution in [3.8, 4) is 0 Å². The molecule has 0 spiro atoms. The lowest BCUT2D eigenvalue weighted by molar-refractivity contribution is 0.155. The molecule has 2 rings (SSSR count). The minimum absolute atomic E-state index is 0.229. The van der Waals surface area contributed by atoms with Crippen molar-refractivity contribution in [1.82, 2.24) is 4.73 Å². The van der Waals surface area contributed by atoms with Gasteiger partial charge in [0.2, 0.25) is 0 Å². The molecule has 17 heavy (non-hydrogen) atoms. The maximum atomic E-state index is 12.0. The van der Waals surface area contributed by atoms with Gasteiger partial charge in [0, 0.05) is 11.5 Å². The molecule has 0 saturated heterocycles. The largest absolute Gasteiger partial charge is 0.425 e. The van der Waals surface area contributed by atoms with Gasteiger partial charge in [-0.2, -0.15) is 4.73 Å². The molecule has 1 fully saturated rings. The number of hydrogen-bond donors (Lipinski definition) is 1. The first-order valence-electron chi connectivity index (χ1n) is 6.59. The monoisotopic (exact) mass is 235 g/mol. The zero-order valence-corrected chi connectivity index (χ0v) is 10.7. The molecular formula is C14H21NO2. The fourth-order valence-corrected chi connectivity index (χ4v) is 2.90. The molecule has 1 heterocycles. The van der Waals surface area contributed by atoms with Crippen molar-refractivity contribution in [3.05, 3.63) is 33.2 Å². The third kappa shape index (κ3) is 2.24. The highest BCUT2D eigenvalue weighted by Crippen LogP contribution is 2.32. The van der Waals surface area contributed by atoms with Crippen molar-refractivity contribution in [1.29, 1.82) is 0 Å². The average Bonchev–Trinajstić information content (AvgIpc) is 2.35. The number of aromatic nitrogens is 1. The standard InChI is InChI=1S/C14H21NO2/c1-3-12-10(2)9-13(15(17)14(12)16)11-7-5-4-6-8-11/h9,11,17H,3-8H2,1-2H3. The Kier molecular flexibility index (Phi) is 3.55. The molecule has 0 aliphatic heterocycles. The van der Waals surface area contributed by atoms with E-state index in [1.54, 1.807) is 0 Å². The average molecular weight is 235 g/mol. The maximum absolute atomic E-state index is 12.0. The van der Waals surface area contributed by atoms with E-state index in [1.807, 2.05) is 19.9 Å². The summed E-state index contributed by atoms with van der Waals surface area (Å²) in [6, 6.07) is 2.00. The first-order chi connectivity index (χ1) is 8.15. The van der Waals surface area contributed by atoms with Gasteiger partial charge >= 0.3 is 0 Å². The minimum atomic E-state index is -0.229. The third-order valence-corrected chi connectivity index (χ3v) is 3.91. The zero-order valence-electron chi connectivity index (χ0n) is 10.7. The molecule has 1 N–H and O–H groups in total. The Morgan fingerprint density at radius 3 is 2.59 bits per heavy atom. The Morgan fingerprint density at radius 1 is 1.35 bits per heavy atom. The quantitative estimate of drug-likeness (QED) is 0.801. The Balaban J connectivity index is 2.44. The summed E-state index contributed by atoms with van der Waals surface area (Å²) in [5.74, 6) is 0.353. The molecule has 1 aliphatic rings. The van der Waals surface area contributed by atoms with Crippen LogP contribution in [0.5, 0.6) is 0 Å². The summed E-state index contributed by atoms with van der Waals surface area (Å²) in [6.45, 7) is 3.91. The summed E-state index contributed by atoms with van der Waals surface area (Å²) in [5.41, 5.74) is 2.33. The molecule has 1 saturated carbocycles. The van der Waals surface area contributed by atoms with Crippen molar-refractivity contribution >= 4 is 0 Å². The normalized spacial score (nSPS) is 17.3. The van der Waals surface area contributed by atoms with Gasteiger partial charge in [-0.3, -0.25) is 4.79 Å². The molecule has 1 aromatic heterocycles. The Hall–Kier alpha value is -1.25. The molecule has 94 valence electrons. The highest BCUT2D eigenvalue weighted by Gasteiger charge is 2.21. The number of rotatable bonds is 2. The topological polar surface area (TPSA) is 42.2 Å². The maximum Gasteiger partial charge on any atom is 0.286 e. The van der Waals surface area contributed by atoms with Gasteiger partial charge in [-0.05, 0) is 37.8 Å². The van der Waals surface area contributed by atoms with E-state index in [4.69, 9.17) is 0 Å². The second kappa shape index (κ2) is 4.94. The smallest absolute Gasteiger partial charge is 0.286 e. The van der Waals surface area contributed by atoms with E-state index in [-0.39, 0.29) is 5.56 Å². The second-order valence-corrected chi connectivity index (χ2v) is 5.04. The second-order valence-electron chi connectivity index (χ2n) is 5.04. The fraction of sp³-hybridized carbons (Fsp3) is 0.643. The Bertz CT molecular complexity index is 456. The van der Waals surface area contributed by atoms with Gasteiger partial charge in [-0.1, -0.05) is 26.2 Å². The molecule has 0 bridgehead atoms. The number of aryl methyl sites for hydroxylation is 1. The lowest BCUT2D eigenvalue weighted by atomic mass is 9.86. The number of pyridine rings is 1. The highest BCUT2D eigenvalue weighted by atomic mass is 16.5. The van der Waals surface area contributed by atoms with Crippen molar-refractivity contribution in [2.75, 3.05) is 0 Å². The first-order valence-corrected chi connectivity index (χ1v) is 6.59. The van der Waals surface area contributed by atoms with E-state index in [9.17, 15) is 10.0 Å². The van der Waals surface area contributed by atoms with E-state index < -0.39 is 0 Å². The van der Waals surface area contributed by atoms with E-state index in [0.29, 0.717) is 12.3 Å². The van der Waals surface area contributed by atoms with Crippen LogP contribution >= 0.6 is 0 Å². The van der Waals surface area contributed by atoms with E-state index in [2.05, 4.69) is 0 Å². The van der Waals surface area contributed by atoms with Crippen LogP contribution in [-0.4, -0.2) is 9.94 Å². The van der Waals surface area contributed by atoms with Crippen LogP contribution in [-0.2, 0) is 6.42 Å². The molecule has 0 amide bonds. The van der Waals surface area contributed by atoms with Crippen molar-refractivity contribution in [2.45, 2.75) is 58.3 Å². The van der Waals surface area contributed by atoms with Crippen LogP contribution in [0, 0.1) is 6.92 Å². The van der Waals surface area contributed by atoms with Gasteiger partial charge in [0.1, 0.15) is 0 Å². The van der Waals surface area contributed by atoms with Crippen LogP contribution in [0.2, 0.25) is 0 Å². The summed E-state index contributed by atoms with van der Waals surface area (Å²) >= 11 is 0. The lowest BCUT2D eigenvalue weighted by Gasteiger charge is -2.23. The summed E-state index contributed by atoms with van der Waals surface area (Å²) in [6.07, 6.45) is 6.53. The molecule has 3 nitrogen and oxygen atoms in total. The molecule has 3 heteroatoms. The van der Waals surface area contributed by atoms with E-state index in [0.717, 1.165) is 34.4 Å². The number of nitrogens with zero attached hydrogens (tertiary/aromatic N) is 1. The van der Waals surface area contributed by atoms with E-state index >= 15 is 0 Å².